The largest absolute Gasteiger partial charge is 2.00 e. The minimum atomic E-state index is -5.45. The number of nitrogens with one attached hydrogen (secondary N) is 3. The van der Waals surface area contributed by atoms with E-state index >= 15 is 0 Å². The van der Waals surface area contributed by atoms with Crippen molar-refractivity contribution in [1.29, 1.82) is 5.26 Å². The van der Waals surface area contributed by atoms with Gasteiger partial charge in [-0.1, -0.05) is 34.6 Å². The van der Waals surface area contributed by atoms with Crippen molar-refractivity contribution in [1.82, 2.24) is 30.2 Å². The van der Waals surface area contributed by atoms with Crippen LogP contribution in [0.25, 0.3) is 11.0 Å². The molecule has 8 bridgehead atoms. The Bertz CT molecular complexity index is 4010. The minimum absolute atomic E-state index is 0. The van der Waals surface area contributed by atoms with E-state index in [9.17, 15) is 52.9 Å². The third-order valence-corrected chi connectivity index (χ3v) is 22.6. The molecule has 0 spiro atoms. The topological polar surface area (TPSA) is 521 Å². The van der Waals surface area contributed by atoms with Crippen molar-refractivity contribution in [3.05, 3.63) is 88.7 Å². The van der Waals surface area contributed by atoms with Gasteiger partial charge in [-0.05, 0) is 108 Å². The van der Waals surface area contributed by atoms with Crippen molar-refractivity contribution in [2.45, 2.75) is 189 Å². The van der Waals surface area contributed by atoms with Crippen molar-refractivity contribution in [2.24, 2.45) is 94.7 Å². The number of aliphatic hydroxyl groups excluding tert-OH is 1. The zero-order valence-electron chi connectivity index (χ0n) is 58.0. The molecule has 15 atom stereocenters. The summed E-state index contributed by atoms with van der Waals surface area (Å²) in [6.07, 6.45) is -2.45. The van der Waals surface area contributed by atoms with Gasteiger partial charge in [0.25, 0.3) is 7.82 Å². The van der Waals surface area contributed by atoms with Crippen LogP contribution >= 0.6 is 7.82 Å². The van der Waals surface area contributed by atoms with Crippen LogP contribution in [0, 0.1) is 71.0 Å². The number of fused-ring (bicyclic) bond motifs is 7. The Hall–Kier alpha value is -8.28. The second-order valence-electron chi connectivity index (χ2n) is 28.4. The van der Waals surface area contributed by atoms with Crippen LogP contribution in [0.15, 0.2) is 80.1 Å². The number of aliphatic imine (C=N–C) groups is 3. The molecule has 16 N–H and O–H groups in total. The van der Waals surface area contributed by atoms with Gasteiger partial charge in [-0.2, -0.15) is 0 Å². The van der Waals surface area contributed by atoms with E-state index in [1.54, 1.807) is 6.92 Å². The molecular weight excluding hydrogens is 1360 g/mol. The molecule has 0 saturated carbocycles. The normalized spacial score (nSPS) is 31.6. The van der Waals surface area contributed by atoms with Gasteiger partial charge in [0, 0.05) is 143 Å². The molecule has 33 heteroatoms. The third-order valence-electron chi connectivity index (χ3n) is 21.5. The fourth-order valence-corrected chi connectivity index (χ4v) is 17.1. The van der Waals surface area contributed by atoms with E-state index in [1.165, 1.54) is 30.2 Å². The van der Waals surface area contributed by atoms with Crippen LogP contribution in [0.5, 0.6) is 0 Å². The molecule has 2 saturated heterocycles. The number of hydrogen-bond donors (Lipinski definition) is 10. The van der Waals surface area contributed by atoms with E-state index in [0.717, 1.165) is 11.1 Å². The number of benzene rings is 1. The monoisotopic (exact) mass is 1450 g/mol. The van der Waals surface area contributed by atoms with Crippen molar-refractivity contribution >= 4 is 83.3 Å². The molecule has 1 aromatic carbocycles. The standard InChI is InChI=1S/C66H92N15O15P.CN.Co/c1-31-22-41-42(23-32(31)2)81(30-76-41)60-54(89)55(43(94-60)29-93-61(90)59-73-20-21-74-59)96-97(91,92)95-33(3)28-75-51(88)18-19-63(8)39(24-48(70)85)58-66(11)65(10,27-50(72)87)38(14-17-47(69)84)53(80-66)35(5)57-64(9,26-49(71)86)36(12-15-45(67)82)40(77-57)25-44-62(6,7)37(13-16-46(68)83)52(78-44)34(4)56(63)79-58;1-2;/h20-23,25,30,33,36-39,43,54-55,58,60,77,89H,12-19,24,26-29H2,1-11H3,(H2,67,82)(H2,68,83)(H2,69,84)(H2,70,85)(H2,71,86)(H2,72,87)(H,73,74)(H,75,88)(H,91,92);;/q;-1;+2/p-1/b40-25-,52-34-,57-35-;;/t33-,36-,37-,38-,39+,43-,54-,55-,58-,60+,63-,64+,65+,66+;;/m1../s1. The number of hydrogen-bond acceptors (Lipinski definition) is 22. The number of ether oxygens (including phenoxy) is 2. The Kier molecular flexibility index (Phi) is 24.1. The van der Waals surface area contributed by atoms with E-state index < -0.39 is 156 Å². The Balaban J connectivity index is 0.00000464. The van der Waals surface area contributed by atoms with E-state index in [1.807, 2.05) is 80.5 Å². The molecule has 1 radical (unpaired) electrons. The van der Waals surface area contributed by atoms with Gasteiger partial charge >= 0.3 is 22.7 Å². The van der Waals surface area contributed by atoms with Gasteiger partial charge in [-0.3, -0.25) is 53.1 Å². The summed E-state index contributed by atoms with van der Waals surface area (Å²) < 4.78 is 38.2. The number of nitrogens with zero attached hydrogens (tertiary/aromatic N) is 7. The Labute approximate surface area is 589 Å². The fourth-order valence-electron chi connectivity index (χ4n) is 16.0. The van der Waals surface area contributed by atoms with Crippen molar-refractivity contribution in [3.8, 4) is 0 Å². The van der Waals surface area contributed by atoms with Gasteiger partial charge in [-0.25, -0.2) is 14.8 Å². The zero-order chi connectivity index (χ0) is 73.4. The maximum Gasteiger partial charge on any atom is 2.00 e. The van der Waals surface area contributed by atoms with E-state index in [0.29, 0.717) is 56.4 Å². The van der Waals surface area contributed by atoms with E-state index in [-0.39, 0.29) is 93.2 Å². The van der Waals surface area contributed by atoms with Crippen molar-refractivity contribution in [3.63, 3.8) is 0 Å². The molecule has 6 aliphatic rings. The molecule has 9 rings (SSSR count). The zero-order valence-corrected chi connectivity index (χ0v) is 59.9. The number of carbonyl (C=O) groups is 8. The Morgan fingerprint density at radius 3 is 2.02 bits per heavy atom. The number of phosphoric ester groups is 1. The second-order valence-corrected chi connectivity index (χ2v) is 29.7. The Morgan fingerprint density at radius 2 is 1.43 bits per heavy atom. The Morgan fingerprint density at radius 1 is 0.820 bits per heavy atom. The summed E-state index contributed by atoms with van der Waals surface area (Å²) in [5, 5.41) is 24.5. The molecule has 31 nitrogen and oxygen atoms in total. The second kappa shape index (κ2) is 30.5. The number of allylic oxidation sites excluding steroid dienone is 6. The number of aliphatic hydroxyl groups is 1. The predicted octanol–water partition coefficient (Wildman–Crippen LogP) is 3.21. The molecule has 100 heavy (non-hydrogen) atoms. The van der Waals surface area contributed by atoms with Gasteiger partial charge in [0.15, 0.2) is 6.23 Å². The van der Waals surface area contributed by atoms with E-state index in [4.69, 9.17) is 79.7 Å². The van der Waals surface area contributed by atoms with Crippen molar-refractivity contribution in [2.75, 3.05) is 13.2 Å². The van der Waals surface area contributed by atoms with Crippen LogP contribution in [-0.2, 0) is 73.4 Å². The quantitative estimate of drug-likeness (QED) is 0.0283. The maximum absolute atomic E-state index is 14.5. The molecule has 2 fully saturated rings. The van der Waals surface area contributed by atoms with Crippen LogP contribution in [0.3, 0.4) is 0 Å². The number of primary amides is 6. The number of phosphoric acid groups is 1. The number of aryl methyl sites for hydroxylation is 2. The summed E-state index contributed by atoms with van der Waals surface area (Å²) in [5.74, 6) is -8.43. The van der Waals surface area contributed by atoms with E-state index in [2.05, 4.69) is 25.6 Å². The summed E-state index contributed by atoms with van der Waals surface area (Å²) in [4.78, 5) is 149. The number of nitrogens with two attached hydrogens (primary N) is 6. The number of rotatable bonds is 28. The molecule has 543 valence electrons. The summed E-state index contributed by atoms with van der Waals surface area (Å²) in [5.41, 5.74) is 37.0. The predicted molar refractivity (Wildman–Crippen MR) is 358 cm³/mol. The summed E-state index contributed by atoms with van der Waals surface area (Å²) >= 11 is 0. The number of imidazole rings is 2. The average molecular weight is 1450 g/mol. The van der Waals surface area contributed by atoms with Gasteiger partial charge in [-0.15, -0.1) is 0 Å². The van der Waals surface area contributed by atoms with Crippen LogP contribution in [0.1, 0.15) is 161 Å². The first-order valence-corrected chi connectivity index (χ1v) is 34.2. The fraction of sp³-hybridized carbons (Fsp3) is 0.582. The third kappa shape index (κ3) is 15.6. The molecule has 2 aromatic heterocycles. The molecule has 3 aromatic rings. The molecular formula is C67H91CoN16O15P. The van der Waals surface area contributed by atoms with Crippen LogP contribution in [0.2, 0.25) is 0 Å². The smallest absolute Gasteiger partial charge is 0.756 e. The molecule has 0 aliphatic carbocycles. The molecule has 6 aliphatic heterocycles. The SMILES string of the molecule is C/C1=C2N=C(/C=C3\N/C(=C(/C)C4=N[C@@](C)([C@@H]5N=C1[C@](C)(CCC(=O)NC[C@@H](C)OP(=O)([O-])O[C@H]1[C@@H](O)[C@@H](n6cnc7cc(C)c(C)cc76)O[C@@H]1COC(=O)c1ncc[nH]1)[C@H]5CC(N)=O)[C@@](C)(CC(N)=O)[C@@H]4CCC(N)=O)[C@@](C)(CC(N)=O)[C@@H]3CCC(N)=O)C(C)(C)[C@@H]/2CCC(N)=O.[C-]#N.[Co+2]. The maximum atomic E-state index is 14.5. The van der Waals surface area contributed by atoms with Gasteiger partial charge in [0.05, 0.1) is 35.0 Å². The van der Waals surface area contributed by atoms with Crippen molar-refractivity contribution < 1.29 is 88.2 Å². The number of aromatic amines is 1. The summed E-state index contributed by atoms with van der Waals surface area (Å²) in [6, 6.07) is 2.61. The molecule has 1 unspecified atom stereocenters. The van der Waals surface area contributed by atoms with Crippen LogP contribution in [0.4, 0.5) is 0 Å². The number of amides is 7. The first kappa shape index (κ1) is 79.0. The number of H-pyrrole nitrogens is 1. The van der Waals surface area contributed by atoms with Gasteiger partial charge in [0.2, 0.25) is 47.2 Å². The minimum Gasteiger partial charge on any atom is -0.756 e. The summed E-state index contributed by atoms with van der Waals surface area (Å²) in [6.45, 7) is 23.8. The molecule has 8 heterocycles. The first-order valence-electron chi connectivity index (χ1n) is 32.8. The summed E-state index contributed by atoms with van der Waals surface area (Å²) in [7, 11) is -5.45. The van der Waals surface area contributed by atoms with Gasteiger partial charge in [0.1, 0.15) is 24.9 Å². The van der Waals surface area contributed by atoms with Crippen LogP contribution < -0.4 is 49.9 Å². The first-order chi connectivity index (χ1) is 46.3. The number of aromatic nitrogens is 4. The average Bonchev–Trinajstić information content (AvgIpc) is 1.53. The molecule has 7 amide bonds. The number of carbonyl (C=O) groups excluding carboxylic acids is 8. The van der Waals surface area contributed by atoms with Gasteiger partial charge < -0.3 is 94.9 Å². The number of esters is 1. The van der Waals surface area contributed by atoms with Crippen LogP contribution in [-0.4, -0.2) is 138 Å².